The molecule has 31 heavy (non-hydrogen) atoms. The van der Waals surface area contributed by atoms with E-state index < -0.39 is 0 Å². The number of unbranched alkanes of at least 4 members (excludes halogenated alkanes) is 3. The molecule has 0 amide bonds. The number of rotatable bonds is 10. The molecule has 0 N–H and O–H groups in total. The largest absolute Gasteiger partial charge is 0.459 e. The fraction of sp³-hybridized carbons (Fsp3) is 0.759. The fourth-order valence-electron chi connectivity index (χ4n) is 6.07. The van der Waals surface area contributed by atoms with Crippen molar-refractivity contribution in [3.05, 3.63) is 35.4 Å². The van der Waals surface area contributed by atoms with Gasteiger partial charge in [0.15, 0.2) is 0 Å². The molecule has 0 spiro atoms. The van der Waals surface area contributed by atoms with E-state index >= 15 is 0 Å². The molecule has 0 heterocycles. The number of ether oxygens (including phenoxy) is 1. The molecule has 1 aromatic rings. The van der Waals surface area contributed by atoms with Crippen LogP contribution in [0.1, 0.15) is 133 Å². The summed E-state index contributed by atoms with van der Waals surface area (Å²) in [6.07, 6.45) is 18.1. The van der Waals surface area contributed by atoms with Gasteiger partial charge in [-0.25, -0.2) is 4.79 Å². The van der Waals surface area contributed by atoms with Crippen molar-refractivity contribution in [3.8, 4) is 0 Å². The summed E-state index contributed by atoms with van der Waals surface area (Å²) in [6, 6.07) is 8.39. The molecule has 174 valence electrons. The summed E-state index contributed by atoms with van der Waals surface area (Å²) in [5, 5.41) is 0. The lowest BCUT2D eigenvalue weighted by atomic mass is 9.71. The number of hydrogen-bond donors (Lipinski definition) is 0. The summed E-state index contributed by atoms with van der Waals surface area (Å²) in [4.78, 5) is 12.7. The Balaban J connectivity index is 1.44. The van der Waals surface area contributed by atoms with Gasteiger partial charge in [0.1, 0.15) is 6.10 Å². The number of hydrogen-bond acceptors (Lipinski definition) is 2. The van der Waals surface area contributed by atoms with Gasteiger partial charge in [-0.3, -0.25) is 0 Å². The topological polar surface area (TPSA) is 26.3 Å². The zero-order chi connectivity index (χ0) is 22.1. The second-order valence-corrected chi connectivity index (χ2v) is 10.6. The third-order valence-corrected chi connectivity index (χ3v) is 8.10. The van der Waals surface area contributed by atoms with Crippen LogP contribution in [0.4, 0.5) is 0 Å². The standard InChI is InChI=1S/C29H46O2/c1-4-6-8-10-23-11-18-27(19-12-23)31-29(30)26-16-14-25(15-17-26)28-20-13-24(9-7-5-2)21-22(28)3/h14-17,22-24,27-28H,4-13,18-21H2,1-3H3. The van der Waals surface area contributed by atoms with E-state index in [0.29, 0.717) is 5.92 Å². The molecular formula is C29H46O2. The highest BCUT2D eigenvalue weighted by atomic mass is 16.5. The molecule has 3 unspecified atom stereocenters. The number of carbonyl (C=O) groups excluding carboxylic acids is 1. The lowest BCUT2D eigenvalue weighted by Crippen LogP contribution is -2.24. The lowest BCUT2D eigenvalue weighted by Gasteiger charge is -2.34. The molecule has 2 aliphatic rings. The van der Waals surface area contributed by atoms with Gasteiger partial charge in [-0.05, 0) is 86.3 Å². The van der Waals surface area contributed by atoms with Gasteiger partial charge < -0.3 is 4.74 Å². The second kappa shape index (κ2) is 12.7. The highest BCUT2D eigenvalue weighted by Gasteiger charge is 2.29. The lowest BCUT2D eigenvalue weighted by molar-refractivity contribution is 0.0161. The Morgan fingerprint density at radius 2 is 1.48 bits per heavy atom. The molecule has 2 nitrogen and oxygen atoms in total. The maximum absolute atomic E-state index is 12.7. The molecule has 2 saturated carbocycles. The van der Waals surface area contributed by atoms with Crippen LogP contribution in [0.25, 0.3) is 0 Å². The first-order valence-corrected chi connectivity index (χ1v) is 13.4. The molecule has 2 fully saturated rings. The minimum atomic E-state index is -0.127. The molecule has 0 aliphatic heterocycles. The van der Waals surface area contributed by atoms with Gasteiger partial charge in [0.25, 0.3) is 0 Å². The Kier molecular flexibility index (Phi) is 9.94. The number of esters is 1. The van der Waals surface area contributed by atoms with E-state index in [0.717, 1.165) is 36.2 Å². The van der Waals surface area contributed by atoms with Crippen LogP contribution in [0, 0.1) is 17.8 Å². The van der Waals surface area contributed by atoms with Crippen LogP contribution < -0.4 is 0 Å². The van der Waals surface area contributed by atoms with Crippen molar-refractivity contribution in [2.45, 2.75) is 123 Å². The first-order chi connectivity index (χ1) is 15.1. The van der Waals surface area contributed by atoms with E-state index in [4.69, 9.17) is 4.74 Å². The summed E-state index contributed by atoms with van der Waals surface area (Å²) in [5.41, 5.74) is 2.13. The maximum Gasteiger partial charge on any atom is 0.338 e. The van der Waals surface area contributed by atoms with E-state index in [1.54, 1.807) is 0 Å². The number of carbonyl (C=O) groups is 1. The Morgan fingerprint density at radius 1 is 0.839 bits per heavy atom. The van der Waals surface area contributed by atoms with Crippen LogP contribution in [-0.2, 0) is 4.74 Å². The Morgan fingerprint density at radius 3 is 2.13 bits per heavy atom. The van der Waals surface area contributed by atoms with Gasteiger partial charge in [0.05, 0.1) is 5.56 Å². The maximum atomic E-state index is 12.7. The average Bonchev–Trinajstić information content (AvgIpc) is 2.79. The summed E-state index contributed by atoms with van der Waals surface area (Å²) in [5.74, 6) is 3.02. The SMILES string of the molecule is CCCCCC1CCC(OC(=O)c2ccc(C3CCC(CCCC)CC3C)cc2)CC1. The van der Waals surface area contributed by atoms with Gasteiger partial charge in [0.2, 0.25) is 0 Å². The van der Waals surface area contributed by atoms with Crippen LogP contribution in [-0.4, -0.2) is 12.1 Å². The fourth-order valence-corrected chi connectivity index (χ4v) is 6.07. The minimum absolute atomic E-state index is 0.119. The van der Waals surface area contributed by atoms with Crippen molar-refractivity contribution in [2.24, 2.45) is 17.8 Å². The van der Waals surface area contributed by atoms with E-state index in [1.807, 2.05) is 12.1 Å². The molecule has 0 aromatic heterocycles. The van der Waals surface area contributed by atoms with E-state index in [9.17, 15) is 4.79 Å². The quantitative estimate of drug-likeness (QED) is 0.276. The van der Waals surface area contributed by atoms with E-state index in [-0.39, 0.29) is 12.1 Å². The van der Waals surface area contributed by atoms with Crippen LogP contribution in [0.15, 0.2) is 24.3 Å². The van der Waals surface area contributed by atoms with Crippen LogP contribution >= 0.6 is 0 Å². The average molecular weight is 427 g/mol. The zero-order valence-electron chi connectivity index (χ0n) is 20.4. The summed E-state index contributed by atoms with van der Waals surface area (Å²) in [6.45, 7) is 6.98. The van der Waals surface area contributed by atoms with Gasteiger partial charge in [-0.2, -0.15) is 0 Å². The normalized spacial score (nSPS) is 28.9. The third kappa shape index (κ3) is 7.36. The first-order valence-electron chi connectivity index (χ1n) is 13.4. The highest BCUT2D eigenvalue weighted by molar-refractivity contribution is 5.89. The Labute approximate surface area is 191 Å². The molecule has 3 atom stereocenters. The molecule has 0 bridgehead atoms. The Bertz CT molecular complexity index is 641. The van der Waals surface area contributed by atoms with Gasteiger partial charge >= 0.3 is 5.97 Å². The summed E-state index contributed by atoms with van der Waals surface area (Å²) in [7, 11) is 0. The molecule has 3 rings (SSSR count). The van der Waals surface area contributed by atoms with Crippen molar-refractivity contribution >= 4 is 5.97 Å². The monoisotopic (exact) mass is 426 g/mol. The molecule has 1 aromatic carbocycles. The first kappa shape index (κ1) is 24.3. The molecule has 0 saturated heterocycles. The van der Waals surface area contributed by atoms with E-state index in [1.165, 1.54) is 82.6 Å². The molecule has 2 heteroatoms. The predicted molar refractivity (Wildman–Crippen MR) is 131 cm³/mol. The summed E-state index contributed by atoms with van der Waals surface area (Å²) < 4.78 is 5.87. The van der Waals surface area contributed by atoms with Crippen molar-refractivity contribution < 1.29 is 9.53 Å². The second-order valence-electron chi connectivity index (χ2n) is 10.6. The molecule has 2 aliphatic carbocycles. The van der Waals surface area contributed by atoms with Crippen LogP contribution in [0.5, 0.6) is 0 Å². The van der Waals surface area contributed by atoms with Crippen LogP contribution in [0.2, 0.25) is 0 Å². The van der Waals surface area contributed by atoms with Gasteiger partial charge in [0, 0.05) is 0 Å². The Hall–Kier alpha value is -1.31. The summed E-state index contributed by atoms with van der Waals surface area (Å²) >= 11 is 0. The number of benzene rings is 1. The third-order valence-electron chi connectivity index (χ3n) is 8.10. The van der Waals surface area contributed by atoms with Crippen molar-refractivity contribution in [3.63, 3.8) is 0 Å². The van der Waals surface area contributed by atoms with Crippen molar-refractivity contribution in [2.75, 3.05) is 0 Å². The molecular weight excluding hydrogens is 380 g/mol. The van der Waals surface area contributed by atoms with Crippen molar-refractivity contribution in [1.29, 1.82) is 0 Å². The predicted octanol–water partition coefficient (Wildman–Crippen LogP) is 8.69. The van der Waals surface area contributed by atoms with Gasteiger partial charge in [-0.1, -0.05) is 77.8 Å². The van der Waals surface area contributed by atoms with Crippen LogP contribution in [0.3, 0.4) is 0 Å². The zero-order valence-corrected chi connectivity index (χ0v) is 20.4. The molecule has 0 radical (unpaired) electrons. The smallest absolute Gasteiger partial charge is 0.338 e. The van der Waals surface area contributed by atoms with Gasteiger partial charge in [-0.15, -0.1) is 0 Å². The van der Waals surface area contributed by atoms with Crippen molar-refractivity contribution in [1.82, 2.24) is 0 Å². The minimum Gasteiger partial charge on any atom is -0.459 e. The van der Waals surface area contributed by atoms with E-state index in [2.05, 4.69) is 32.9 Å². The highest BCUT2D eigenvalue weighted by Crippen LogP contribution is 2.41.